The fourth-order valence-electron chi connectivity index (χ4n) is 2.24. The molecule has 0 spiro atoms. The molecule has 3 nitrogen and oxygen atoms in total. The molecular weight excluding hydrogens is 284 g/mol. The molecule has 0 bridgehead atoms. The van der Waals surface area contributed by atoms with Crippen molar-refractivity contribution in [2.24, 2.45) is 0 Å². The van der Waals surface area contributed by atoms with Gasteiger partial charge in [0.1, 0.15) is 0 Å². The largest absolute Gasteiger partial charge is 0.295 e. The van der Waals surface area contributed by atoms with Gasteiger partial charge in [0.2, 0.25) is 0 Å². The van der Waals surface area contributed by atoms with Crippen LogP contribution in [0.4, 0.5) is 0 Å². The van der Waals surface area contributed by atoms with E-state index in [1.54, 1.807) is 42.5 Å². The minimum Gasteiger partial charge on any atom is -0.295 e. The van der Waals surface area contributed by atoms with Crippen molar-refractivity contribution in [3.05, 3.63) is 64.7 Å². The molecule has 0 N–H and O–H groups in total. The monoisotopic (exact) mass is 302 g/mol. The summed E-state index contributed by atoms with van der Waals surface area (Å²) in [5.74, 6) is -0.274. The van der Waals surface area contributed by atoms with Gasteiger partial charge in [-0.25, -0.2) is 8.42 Å². The lowest BCUT2D eigenvalue weighted by molar-refractivity contribution is 0.101. The van der Waals surface area contributed by atoms with Crippen LogP contribution in [0.1, 0.15) is 34.0 Å². The van der Waals surface area contributed by atoms with Crippen LogP contribution in [0.3, 0.4) is 0 Å². The SMILES string of the molecule is CC(=O)c1cc(C)c(C)cc1CS(=O)(=O)c1ccccc1. The Morgan fingerprint density at radius 3 is 2.14 bits per heavy atom. The summed E-state index contributed by atoms with van der Waals surface area (Å²) in [6.45, 7) is 5.29. The molecule has 0 unspecified atom stereocenters. The summed E-state index contributed by atoms with van der Waals surface area (Å²) in [6, 6.07) is 11.9. The smallest absolute Gasteiger partial charge is 0.182 e. The molecule has 0 aromatic heterocycles. The van der Waals surface area contributed by atoms with E-state index < -0.39 is 9.84 Å². The van der Waals surface area contributed by atoms with Crippen molar-refractivity contribution in [1.29, 1.82) is 0 Å². The zero-order valence-electron chi connectivity index (χ0n) is 12.4. The van der Waals surface area contributed by atoms with Crippen LogP contribution in [0.15, 0.2) is 47.4 Å². The van der Waals surface area contributed by atoms with Crippen molar-refractivity contribution >= 4 is 15.6 Å². The summed E-state index contributed by atoms with van der Waals surface area (Å²) in [5.41, 5.74) is 3.02. The van der Waals surface area contributed by atoms with Crippen LogP contribution in [0.2, 0.25) is 0 Å². The van der Waals surface area contributed by atoms with E-state index in [1.807, 2.05) is 13.8 Å². The second-order valence-corrected chi connectivity index (χ2v) is 7.21. The Kier molecular flexibility index (Phi) is 4.28. The molecule has 21 heavy (non-hydrogen) atoms. The highest BCUT2D eigenvalue weighted by Crippen LogP contribution is 2.22. The van der Waals surface area contributed by atoms with Crippen LogP contribution in [-0.4, -0.2) is 14.2 Å². The molecule has 4 heteroatoms. The number of ketones is 1. The maximum Gasteiger partial charge on any atom is 0.182 e. The molecule has 0 atom stereocenters. The van der Waals surface area contributed by atoms with Gasteiger partial charge in [-0.2, -0.15) is 0 Å². The number of rotatable bonds is 4. The van der Waals surface area contributed by atoms with E-state index in [4.69, 9.17) is 0 Å². The molecule has 0 aliphatic carbocycles. The molecule has 0 aliphatic heterocycles. The molecule has 0 radical (unpaired) electrons. The summed E-state index contributed by atoms with van der Waals surface area (Å²) in [6.07, 6.45) is 0. The Labute approximate surface area is 125 Å². The predicted octanol–water partition coefficient (Wildman–Crippen LogP) is 3.48. The summed E-state index contributed by atoms with van der Waals surface area (Å²) >= 11 is 0. The highest BCUT2D eigenvalue weighted by molar-refractivity contribution is 7.90. The van der Waals surface area contributed by atoms with Gasteiger partial charge in [0.15, 0.2) is 15.6 Å². The first-order valence-electron chi connectivity index (χ1n) is 6.70. The molecule has 0 amide bonds. The van der Waals surface area contributed by atoms with E-state index in [1.165, 1.54) is 6.92 Å². The van der Waals surface area contributed by atoms with Crippen molar-refractivity contribution in [3.8, 4) is 0 Å². The normalized spacial score (nSPS) is 11.4. The minimum absolute atomic E-state index is 0.114. The average Bonchev–Trinajstić information content (AvgIpc) is 2.43. The van der Waals surface area contributed by atoms with E-state index >= 15 is 0 Å². The second-order valence-electron chi connectivity index (χ2n) is 5.22. The molecule has 110 valence electrons. The number of sulfone groups is 1. The maximum absolute atomic E-state index is 12.5. The summed E-state index contributed by atoms with van der Waals surface area (Å²) in [5, 5.41) is 0. The van der Waals surface area contributed by atoms with Crippen LogP contribution in [-0.2, 0) is 15.6 Å². The Morgan fingerprint density at radius 2 is 1.57 bits per heavy atom. The van der Waals surface area contributed by atoms with Gasteiger partial charge in [0.25, 0.3) is 0 Å². The van der Waals surface area contributed by atoms with E-state index in [0.717, 1.165) is 11.1 Å². The molecule has 2 aromatic rings. The lowest BCUT2D eigenvalue weighted by Crippen LogP contribution is -2.09. The standard InChI is InChI=1S/C17H18O3S/c1-12-9-15(17(14(3)18)10-13(12)2)11-21(19,20)16-7-5-4-6-8-16/h4-10H,11H2,1-3H3. The van der Waals surface area contributed by atoms with Gasteiger partial charge in [0, 0.05) is 5.56 Å². The number of hydrogen-bond donors (Lipinski definition) is 0. The predicted molar refractivity (Wildman–Crippen MR) is 83.3 cm³/mol. The molecule has 0 saturated heterocycles. The van der Waals surface area contributed by atoms with E-state index in [0.29, 0.717) is 11.1 Å². The van der Waals surface area contributed by atoms with Gasteiger partial charge in [0.05, 0.1) is 10.6 Å². The van der Waals surface area contributed by atoms with Gasteiger partial charge >= 0.3 is 0 Å². The van der Waals surface area contributed by atoms with Crippen LogP contribution >= 0.6 is 0 Å². The molecule has 0 heterocycles. The quantitative estimate of drug-likeness (QED) is 0.812. The fraction of sp³-hybridized carbons (Fsp3) is 0.235. The van der Waals surface area contributed by atoms with E-state index in [9.17, 15) is 13.2 Å². The Hall–Kier alpha value is -1.94. The molecule has 2 aromatic carbocycles. The molecule has 0 aliphatic rings. The van der Waals surface area contributed by atoms with Crippen molar-refractivity contribution in [1.82, 2.24) is 0 Å². The lowest BCUT2D eigenvalue weighted by Gasteiger charge is -2.11. The minimum atomic E-state index is -3.45. The third-order valence-corrected chi connectivity index (χ3v) is 5.23. The van der Waals surface area contributed by atoms with Crippen molar-refractivity contribution < 1.29 is 13.2 Å². The van der Waals surface area contributed by atoms with Crippen molar-refractivity contribution in [2.75, 3.05) is 0 Å². The van der Waals surface area contributed by atoms with Crippen molar-refractivity contribution in [3.63, 3.8) is 0 Å². The summed E-state index contributed by atoms with van der Waals surface area (Å²) in [4.78, 5) is 12.0. The number of hydrogen-bond acceptors (Lipinski definition) is 3. The number of benzene rings is 2. The van der Waals surface area contributed by atoms with Gasteiger partial charge in [-0.1, -0.05) is 24.3 Å². The van der Waals surface area contributed by atoms with Gasteiger partial charge < -0.3 is 0 Å². The first-order valence-corrected chi connectivity index (χ1v) is 8.35. The van der Waals surface area contributed by atoms with Gasteiger partial charge in [-0.15, -0.1) is 0 Å². The first-order chi connectivity index (χ1) is 9.81. The van der Waals surface area contributed by atoms with Crippen LogP contribution < -0.4 is 0 Å². The third kappa shape index (κ3) is 3.39. The summed E-state index contributed by atoms with van der Waals surface area (Å²) < 4.78 is 24.9. The van der Waals surface area contributed by atoms with Crippen LogP contribution in [0.5, 0.6) is 0 Å². The van der Waals surface area contributed by atoms with Crippen LogP contribution in [0, 0.1) is 13.8 Å². The maximum atomic E-state index is 12.5. The second kappa shape index (κ2) is 5.82. The highest BCUT2D eigenvalue weighted by Gasteiger charge is 2.19. The molecule has 0 fully saturated rings. The number of carbonyl (C=O) groups excluding carboxylic acids is 1. The van der Waals surface area contributed by atoms with E-state index in [-0.39, 0.29) is 16.4 Å². The van der Waals surface area contributed by atoms with Crippen molar-refractivity contribution in [2.45, 2.75) is 31.4 Å². The van der Waals surface area contributed by atoms with Gasteiger partial charge in [-0.05, 0) is 55.7 Å². The Morgan fingerprint density at radius 1 is 1.00 bits per heavy atom. The average molecular weight is 302 g/mol. The van der Waals surface area contributed by atoms with Crippen LogP contribution in [0.25, 0.3) is 0 Å². The Balaban J connectivity index is 2.49. The molecule has 0 saturated carbocycles. The number of carbonyl (C=O) groups is 1. The molecule has 2 rings (SSSR count). The lowest BCUT2D eigenvalue weighted by atomic mass is 9.99. The highest BCUT2D eigenvalue weighted by atomic mass is 32.2. The number of aryl methyl sites for hydroxylation is 2. The zero-order valence-corrected chi connectivity index (χ0v) is 13.2. The van der Waals surface area contributed by atoms with Gasteiger partial charge in [-0.3, -0.25) is 4.79 Å². The zero-order chi connectivity index (χ0) is 15.6. The summed E-state index contributed by atoms with van der Waals surface area (Å²) in [7, 11) is -3.45. The topological polar surface area (TPSA) is 51.2 Å². The van der Waals surface area contributed by atoms with E-state index in [2.05, 4.69) is 0 Å². The Bertz CT molecular complexity index is 775. The third-order valence-electron chi connectivity index (χ3n) is 3.55. The molecular formula is C17H18O3S. The number of Topliss-reactive ketones (excluding diaryl/α,β-unsaturated/α-hetero) is 1. The fourth-order valence-corrected chi connectivity index (χ4v) is 3.63. The first kappa shape index (κ1) is 15.4.